The van der Waals surface area contributed by atoms with Crippen LogP contribution in [0, 0.1) is 0 Å². The van der Waals surface area contributed by atoms with Crippen molar-refractivity contribution < 1.29 is 22.4 Å². The van der Waals surface area contributed by atoms with Crippen LogP contribution >= 0.6 is 19.4 Å². The number of benzene rings is 1. The molecule has 0 N–H and O–H groups in total. The number of fused-ring (bicyclic) bond motifs is 1. The lowest BCUT2D eigenvalue weighted by Gasteiger charge is -2.24. The van der Waals surface area contributed by atoms with Crippen molar-refractivity contribution in [2.45, 2.75) is 23.7 Å². The van der Waals surface area contributed by atoms with E-state index in [4.69, 9.17) is 9.05 Å². The van der Waals surface area contributed by atoms with E-state index in [1.54, 1.807) is 29.9 Å². The first kappa shape index (κ1) is 17.5. The summed E-state index contributed by atoms with van der Waals surface area (Å²) >= 11 is 0.216. The second-order valence-electron chi connectivity index (χ2n) is 4.54. The fourth-order valence-electron chi connectivity index (χ4n) is 2.10. The fourth-order valence-corrected chi connectivity index (χ4v) is 4.97. The van der Waals surface area contributed by atoms with Crippen LogP contribution in [-0.2, 0) is 20.7 Å². The molecule has 1 aromatic heterocycles. The number of alkyl halides is 2. The van der Waals surface area contributed by atoms with Gasteiger partial charge in [0.1, 0.15) is 0 Å². The normalized spacial score (nSPS) is 13.0. The summed E-state index contributed by atoms with van der Waals surface area (Å²) in [5.74, 6) is 0. The topological polar surface area (TPSA) is 40.5 Å². The average Bonchev–Trinajstić information content (AvgIpc) is 2.76. The predicted molar refractivity (Wildman–Crippen MR) is 84.6 cm³/mol. The highest BCUT2D eigenvalue weighted by molar-refractivity contribution is 8.06. The molecule has 2 aromatic rings. The van der Waals surface area contributed by atoms with Crippen LogP contribution in [0.5, 0.6) is 0 Å². The molecule has 0 spiro atoms. The molecule has 0 saturated heterocycles. The zero-order valence-electron chi connectivity index (χ0n) is 12.6. The van der Waals surface area contributed by atoms with E-state index in [9.17, 15) is 13.3 Å². The van der Waals surface area contributed by atoms with Crippen LogP contribution < -0.4 is 0 Å². The molecule has 22 heavy (non-hydrogen) atoms. The van der Waals surface area contributed by atoms with Crippen LogP contribution in [0.4, 0.5) is 8.78 Å². The second kappa shape index (κ2) is 6.71. The SMILES string of the molecule is CCOP(=O)(OCC)C(F)(F)Sc1cn(C)c2ccccc12. The quantitative estimate of drug-likeness (QED) is 0.516. The number of para-hydroxylation sites is 1. The number of thioether (sulfide) groups is 1. The average molecular weight is 349 g/mol. The number of halogens is 2. The third-order valence-electron chi connectivity index (χ3n) is 3.01. The molecule has 1 aromatic carbocycles. The molecule has 1 heterocycles. The van der Waals surface area contributed by atoms with Crippen LogP contribution in [0.3, 0.4) is 0 Å². The summed E-state index contributed by atoms with van der Waals surface area (Å²) in [5.41, 5.74) is 0.823. The third-order valence-corrected chi connectivity index (χ3v) is 6.58. The van der Waals surface area contributed by atoms with Gasteiger partial charge in [-0.25, -0.2) is 0 Å². The van der Waals surface area contributed by atoms with E-state index < -0.39 is 12.6 Å². The maximum absolute atomic E-state index is 14.5. The molecule has 0 bridgehead atoms. The van der Waals surface area contributed by atoms with Crippen molar-refractivity contribution in [2.75, 3.05) is 13.2 Å². The van der Waals surface area contributed by atoms with Gasteiger partial charge in [0.15, 0.2) is 0 Å². The van der Waals surface area contributed by atoms with Gasteiger partial charge in [-0.2, -0.15) is 8.78 Å². The first-order chi connectivity index (χ1) is 10.3. The monoisotopic (exact) mass is 349 g/mol. The van der Waals surface area contributed by atoms with Crippen molar-refractivity contribution in [3.63, 3.8) is 0 Å². The molecule has 0 radical (unpaired) electrons. The Morgan fingerprint density at radius 3 is 2.41 bits per heavy atom. The number of rotatable bonds is 7. The minimum Gasteiger partial charge on any atom is -0.349 e. The highest BCUT2D eigenvalue weighted by atomic mass is 32.2. The molecule has 0 unspecified atom stereocenters. The van der Waals surface area contributed by atoms with E-state index in [2.05, 4.69) is 0 Å². The molecule has 0 saturated carbocycles. The minimum atomic E-state index is -4.54. The molecule has 0 fully saturated rings. The Morgan fingerprint density at radius 1 is 1.23 bits per heavy atom. The minimum absolute atomic E-state index is 0.108. The zero-order chi connectivity index (χ0) is 16.4. The van der Waals surface area contributed by atoms with E-state index in [0.717, 1.165) is 5.52 Å². The highest BCUT2D eigenvalue weighted by Gasteiger charge is 2.54. The molecule has 4 nitrogen and oxygen atoms in total. The maximum atomic E-state index is 14.5. The van der Waals surface area contributed by atoms with E-state index in [-0.39, 0.29) is 25.0 Å². The van der Waals surface area contributed by atoms with Crippen molar-refractivity contribution >= 4 is 30.3 Å². The van der Waals surface area contributed by atoms with E-state index >= 15 is 0 Å². The lowest BCUT2D eigenvalue weighted by molar-refractivity contribution is 0.112. The molecular weight excluding hydrogens is 331 g/mol. The largest absolute Gasteiger partial charge is 0.410 e. The first-order valence-electron chi connectivity index (χ1n) is 6.84. The fraction of sp³-hybridized carbons (Fsp3) is 0.429. The maximum Gasteiger partial charge on any atom is 0.410 e. The summed E-state index contributed by atoms with van der Waals surface area (Å²) in [6.45, 7) is 2.79. The van der Waals surface area contributed by atoms with Crippen molar-refractivity contribution in [1.29, 1.82) is 0 Å². The standard InChI is InChI=1S/C14H18F2NO3PS/c1-4-19-21(18,20-5-2)14(15,16)22-13-10-17(3)12-9-7-6-8-11(12)13/h6-10H,4-5H2,1-3H3. The Labute approximate surface area is 132 Å². The summed E-state index contributed by atoms with van der Waals surface area (Å²) < 4.78 is 52.7. The zero-order valence-corrected chi connectivity index (χ0v) is 14.3. The van der Waals surface area contributed by atoms with Gasteiger partial charge in [-0.05, 0) is 31.7 Å². The van der Waals surface area contributed by atoms with Gasteiger partial charge in [-0.1, -0.05) is 18.2 Å². The third kappa shape index (κ3) is 3.23. The Kier molecular flexibility index (Phi) is 5.33. The van der Waals surface area contributed by atoms with Crippen molar-refractivity contribution in [2.24, 2.45) is 7.05 Å². The van der Waals surface area contributed by atoms with Gasteiger partial charge in [-0.3, -0.25) is 4.57 Å². The number of hydrogen-bond acceptors (Lipinski definition) is 4. The van der Waals surface area contributed by atoms with Crippen molar-refractivity contribution in [3.8, 4) is 0 Å². The smallest absolute Gasteiger partial charge is 0.349 e. The van der Waals surface area contributed by atoms with Crippen molar-refractivity contribution in [1.82, 2.24) is 4.57 Å². The summed E-state index contributed by atoms with van der Waals surface area (Å²) in [6, 6.07) is 7.19. The van der Waals surface area contributed by atoms with E-state index in [1.807, 2.05) is 12.1 Å². The van der Waals surface area contributed by atoms with Gasteiger partial charge >= 0.3 is 12.6 Å². The van der Waals surface area contributed by atoms with Crippen LogP contribution in [0.1, 0.15) is 13.8 Å². The molecule has 2 rings (SSSR count). The highest BCUT2D eigenvalue weighted by Crippen LogP contribution is 2.68. The van der Waals surface area contributed by atoms with Crippen LogP contribution in [0.25, 0.3) is 10.9 Å². The van der Waals surface area contributed by atoms with Crippen molar-refractivity contribution in [3.05, 3.63) is 30.5 Å². The molecule has 0 amide bonds. The first-order valence-corrected chi connectivity index (χ1v) is 9.20. The molecular formula is C14H18F2NO3PS. The van der Waals surface area contributed by atoms with Gasteiger partial charge in [0.25, 0.3) is 0 Å². The second-order valence-corrected chi connectivity index (χ2v) is 8.07. The number of hydrogen-bond donors (Lipinski definition) is 0. The molecule has 0 aliphatic rings. The summed E-state index contributed by atoms with van der Waals surface area (Å²) in [6.07, 6.45) is 1.59. The number of aromatic nitrogens is 1. The van der Waals surface area contributed by atoms with Gasteiger partial charge in [0.2, 0.25) is 0 Å². The summed E-state index contributed by atoms with van der Waals surface area (Å²) in [4.78, 5) is -3.33. The van der Waals surface area contributed by atoms with Gasteiger partial charge in [0.05, 0.1) is 13.2 Å². The van der Waals surface area contributed by atoms with Crippen LogP contribution in [0.2, 0.25) is 0 Å². The lowest BCUT2D eigenvalue weighted by atomic mass is 10.2. The predicted octanol–water partition coefficient (Wildman–Crippen LogP) is 5.09. The Bertz CT molecular complexity index is 694. The molecule has 122 valence electrons. The Hall–Kier alpha value is -0.880. The molecule has 0 atom stereocenters. The lowest BCUT2D eigenvalue weighted by Crippen LogP contribution is -2.16. The van der Waals surface area contributed by atoms with Gasteiger partial charge < -0.3 is 13.6 Å². The van der Waals surface area contributed by atoms with Crippen LogP contribution in [-0.4, -0.2) is 22.8 Å². The Morgan fingerprint density at radius 2 is 1.82 bits per heavy atom. The summed E-state index contributed by atoms with van der Waals surface area (Å²) in [7, 11) is -2.76. The van der Waals surface area contributed by atoms with Crippen LogP contribution in [0.15, 0.2) is 35.4 Å². The van der Waals surface area contributed by atoms with Gasteiger partial charge in [0, 0.05) is 29.0 Å². The van der Waals surface area contributed by atoms with E-state index in [1.165, 1.54) is 13.8 Å². The molecule has 0 aliphatic carbocycles. The molecule has 8 heteroatoms. The summed E-state index contributed by atoms with van der Waals surface area (Å²) in [5, 5.41) is 0.675. The number of aryl methyl sites for hydroxylation is 1. The molecule has 0 aliphatic heterocycles. The van der Waals surface area contributed by atoms with E-state index in [0.29, 0.717) is 10.3 Å². The Balaban J connectivity index is 2.39. The van der Waals surface area contributed by atoms with Gasteiger partial charge in [-0.15, -0.1) is 0 Å². The number of nitrogens with zero attached hydrogens (tertiary/aromatic N) is 1.